The van der Waals surface area contributed by atoms with Crippen molar-refractivity contribution in [2.75, 3.05) is 30.2 Å². The normalized spacial score (nSPS) is 12.6. The molecule has 0 aromatic heterocycles. The third-order valence-electron chi connectivity index (χ3n) is 5.84. The van der Waals surface area contributed by atoms with Crippen LogP contribution in [-0.2, 0) is 32.2 Å². The third-order valence-corrected chi connectivity index (χ3v) is 6.98. The number of amides is 2. The molecule has 7 nitrogen and oxygen atoms in total. The van der Waals surface area contributed by atoms with E-state index in [0.717, 1.165) is 36.8 Å². The second-order valence-electron chi connectivity index (χ2n) is 8.71. The lowest BCUT2D eigenvalue weighted by Gasteiger charge is -2.33. The highest BCUT2D eigenvalue weighted by molar-refractivity contribution is 7.92. The number of carbonyl (C=O) groups excluding carboxylic acids is 2. The molecule has 0 saturated carbocycles. The highest BCUT2D eigenvalue weighted by Gasteiger charge is 2.34. The predicted octanol–water partition coefficient (Wildman–Crippen LogP) is 4.24. The maximum Gasteiger partial charge on any atom is 0.416 e. The van der Waals surface area contributed by atoms with Crippen LogP contribution in [0.1, 0.15) is 44.2 Å². The van der Waals surface area contributed by atoms with E-state index < -0.39 is 40.3 Å². The van der Waals surface area contributed by atoms with E-state index in [1.165, 1.54) is 11.0 Å². The number of hydrogen-bond donors (Lipinski definition) is 1. The van der Waals surface area contributed by atoms with Crippen molar-refractivity contribution in [1.29, 1.82) is 0 Å². The van der Waals surface area contributed by atoms with Gasteiger partial charge in [-0.25, -0.2) is 8.42 Å². The molecule has 0 aliphatic rings. The zero-order valence-corrected chi connectivity index (χ0v) is 22.1. The summed E-state index contributed by atoms with van der Waals surface area (Å²) in [4.78, 5) is 27.8. The number of nitrogens with one attached hydrogen (secondary N) is 1. The number of unbranched alkanes of at least 4 members (excludes halogenated alkanes) is 1. The summed E-state index contributed by atoms with van der Waals surface area (Å²) in [7, 11) is -4.13. The zero-order valence-electron chi connectivity index (χ0n) is 21.3. The van der Waals surface area contributed by atoms with Gasteiger partial charge in [-0.3, -0.25) is 13.9 Å². The minimum absolute atomic E-state index is 0.128. The Hall–Kier alpha value is -3.08. The van der Waals surface area contributed by atoms with E-state index in [2.05, 4.69) is 5.32 Å². The summed E-state index contributed by atoms with van der Waals surface area (Å²) in [5.74, 6) is -1.04. The number of hydrogen-bond acceptors (Lipinski definition) is 4. The predicted molar refractivity (Wildman–Crippen MR) is 137 cm³/mol. The monoisotopic (exact) mass is 541 g/mol. The fraction of sp³-hybridized carbons (Fsp3) is 0.462. The fourth-order valence-corrected chi connectivity index (χ4v) is 4.69. The largest absolute Gasteiger partial charge is 0.416 e. The van der Waals surface area contributed by atoms with Crippen molar-refractivity contribution in [2.45, 2.75) is 51.7 Å². The lowest BCUT2D eigenvalue weighted by atomic mass is 10.1. The lowest BCUT2D eigenvalue weighted by molar-refractivity contribution is -0.139. The van der Waals surface area contributed by atoms with E-state index >= 15 is 0 Å². The second kappa shape index (κ2) is 13.5. The number of carbonyl (C=O) groups is 2. The average molecular weight is 542 g/mol. The van der Waals surface area contributed by atoms with Gasteiger partial charge in [0.15, 0.2) is 0 Å². The minimum atomic E-state index is -4.69. The van der Waals surface area contributed by atoms with Gasteiger partial charge in [0.1, 0.15) is 12.6 Å². The van der Waals surface area contributed by atoms with Gasteiger partial charge in [0.25, 0.3) is 0 Å². The van der Waals surface area contributed by atoms with E-state index in [9.17, 15) is 31.2 Å². The highest BCUT2D eigenvalue weighted by Crippen LogP contribution is 2.32. The van der Waals surface area contributed by atoms with Crippen LogP contribution < -0.4 is 9.62 Å². The van der Waals surface area contributed by atoms with Gasteiger partial charge in [0.2, 0.25) is 21.8 Å². The molecule has 2 aromatic rings. The second-order valence-corrected chi connectivity index (χ2v) is 10.6. The number of sulfonamides is 1. The molecule has 2 rings (SSSR count). The molecule has 204 valence electrons. The van der Waals surface area contributed by atoms with Crippen LogP contribution in [0.2, 0.25) is 0 Å². The summed E-state index contributed by atoms with van der Waals surface area (Å²) in [6.45, 7) is 3.55. The van der Waals surface area contributed by atoms with Gasteiger partial charge in [-0.05, 0) is 43.0 Å². The first-order valence-electron chi connectivity index (χ1n) is 12.1. The Morgan fingerprint density at radius 1 is 1.03 bits per heavy atom. The van der Waals surface area contributed by atoms with Crippen LogP contribution in [-0.4, -0.2) is 57.1 Å². The van der Waals surface area contributed by atoms with Crippen molar-refractivity contribution < 1.29 is 31.2 Å². The van der Waals surface area contributed by atoms with Crippen LogP contribution in [0.3, 0.4) is 0 Å². The average Bonchev–Trinajstić information content (AvgIpc) is 2.84. The quantitative estimate of drug-likeness (QED) is 0.385. The topological polar surface area (TPSA) is 86.8 Å². The summed E-state index contributed by atoms with van der Waals surface area (Å²) in [5, 5.41) is 2.82. The molecule has 0 heterocycles. The molecule has 0 aliphatic heterocycles. The van der Waals surface area contributed by atoms with Crippen LogP contribution in [0.4, 0.5) is 18.9 Å². The summed E-state index contributed by atoms with van der Waals surface area (Å²) in [5.41, 5.74) is -0.401. The summed E-state index contributed by atoms with van der Waals surface area (Å²) < 4.78 is 65.6. The SMILES string of the molecule is CCCCNC(=O)C(CC)N(CCc1ccccc1)C(=O)CN(c1cccc(C(F)(F)F)c1)S(C)(=O)=O. The highest BCUT2D eigenvalue weighted by atomic mass is 32.2. The van der Waals surface area contributed by atoms with Gasteiger partial charge < -0.3 is 10.2 Å². The minimum Gasteiger partial charge on any atom is -0.354 e. The number of rotatable bonds is 13. The van der Waals surface area contributed by atoms with Crippen molar-refractivity contribution in [3.63, 3.8) is 0 Å². The lowest BCUT2D eigenvalue weighted by Crippen LogP contribution is -2.53. The Labute approximate surface area is 216 Å². The Morgan fingerprint density at radius 2 is 1.70 bits per heavy atom. The molecule has 37 heavy (non-hydrogen) atoms. The zero-order chi connectivity index (χ0) is 27.6. The van der Waals surface area contributed by atoms with Gasteiger partial charge >= 0.3 is 6.18 Å². The van der Waals surface area contributed by atoms with E-state index in [-0.39, 0.29) is 24.6 Å². The molecule has 0 bridgehead atoms. The fourth-order valence-electron chi connectivity index (χ4n) is 3.85. The van der Waals surface area contributed by atoms with Crippen molar-refractivity contribution in [1.82, 2.24) is 10.2 Å². The van der Waals surface area contributed by atoms with Crippen LogP contribution in [0.5, 0.6) is 0 Å². The Morgan fingerprint density at radius 3 is 2.27 bits per heavy atom. The molecule has 0 radical (unpaired) electrons. The molecule has 0 spiro atoms. The summed E-state index contributed by atoms with van der Waals surface area (Å²) in [6, 6.07) is 12.2. The van der Waals surface area contributed by atoms with E-state index in [1.807, 2.05) is 37.3 Å². The van der Waals surface area contributed by atoms with Gasteiger partial charge in [0, 0.05) is 13.1 Å². The van der Waals surface area contributed by atoms with E-state index in [4.69, 9.17) is 0 Å². The Kier molecular flexibility index (Phi) is 11.0. The summed E-state index contributed by atoms with van der Waals surface area (Å²) >= 11 is 0. The number of halogens is 3. The molecular formula is C26H34F3N3O4S. The molecule has 0 aliphatic carbocycles. The van der Waals surface area contributed by atoms with Crippen molar-refractivity contribution in [2.24, 2.45) is 0 Å². The third kappa shape index (κ3) is 9.07. The standard InChI is InChI=1S/C26H34F3N3O4S/c1-4-6-16-30-25(34)23(5-2)31(17-15-20-11-8-7-9-12-20)24(33)19-32(37(3,35)36)22-14-10-13-21(18-22)26(27,28)29/h7-14,18,23H,4-6,15-17,19H2,1-3H3,(H,30,34). The van der Waals surface area contributed by atoms with Crippen molar-refractivity contribution in [3.05, 3.63) is 65.7 Å². The van der Waals surface area contributed by atoms with Crippen LogP contribution in [0.15, 0.2) is 54.6 Å². The van der Waals surface area contributed by atoms with Gasteiger partial charge in [-0.15, -0.1) is 0 Å². The molecule has 0 fully saturated rings. The molecule has 0 saturated heterocycles. The molecule has 11 heteroatoms. The Bertz CT molecular complexity index is 1140. The number of anilines is 1. The first-order valence-corrected chi connectivity index (χ1v) is 14.0. The van der Waals surface area contributed by atoms with Crippen molar-refractivity contribution in [3.8, 4) is 0 Å². The van der Waals surface area contributed by atoms with Gasteiger partial charge in [-0.2, -0.15) is 13.2 Å². The number of benzene rings is 2. The maximum absolute atomic E-state index is 13.5. The molecular weight excluding hydrogens is 507 g/mol. The Balaban J connectivity index is 2.38. The maximum atomic E-state index is 13.5. The molecule has 2 aromatic carbocycles. The van der Waals surface area contributed by atoms with E-state index in [1.54, 1.807) is 6.92 Å². The van der Waals surface area contributed by atoms with Crippen molar-refractivity contribution >= 4 is 27.5 Å². The first-order chi connectivity index (χ1) is 17.4. The molecule has 2 amide bonds. The van der Waals surface area contributed by atoms with Crippen LogP contribution >= 0.6 is 0 Å². The molecule has 1 N–H and O–H groups in total. The molecule has 1 unspecified atom stereocenters. The summed E-state index contributed by atoms with van der Waals surface area (Å²) in [6.07, 6.45) is -1.54. The number of nitrogens with zero attached hydrogens (tertiary/aromatic N) is 2. The smallest absolute Gasteiger partial charge is 0.354 e. The first kappa shape index (κ1) is 30.1. The molecule has 1 atom stereocenters. The number of alkyl halides is 3. The van der Waals surface area contributed by atoms with Gasteiger partial charge in [-0.1, -0.05) is 56.7 Å². The van der Waals surface area contributed by atoms with Crippen LogP contribution in [0.25, 0.3) is 0 Å². The van der Waals surface area contributed by atoms with Gasteiger partial charge in [0.05, 0.1) is 17.5 Å². The van der Waals surface area contributed by atoms with E-state index in [0.29, 0.717) is 23.3 Å². The van der Waals surface area contributed by atoms with Crippen LogP contribution in [0, 0.1) is 0 Å².